The lowest BCUT2D eigenvalue weighted by molar-refractivity contribution is -0.129. The summed E-state index contributed by atoms with van der Waals surface area (Å²) in [5.41, 5.74) is 5.32. The van der Waals surface area contributed by atoms with Crippen LogP contribution < -0.4 is 10.5 Å². The Morgan fingerprint density at radius 1 is 1.28 bits per heavy atom. The molecule has 0 saturated heterocycles. The maximum absolute atomic E-state index is 11.7. The van der Waals surface area contributed by atoms with Gasteiger partial charge in [-0.05, 0) is 26.8 Å². The fraction of sp³-hybridized carbons (Fsp3) is 0.900. The molecule has 0 radical (unpaired) electrons. The number of rotatable bonds is 9. The van der Waals surface area contributed by atoms with Crippen LogP contribution in [0.5, 0.6) is 0 Å². The maximum atomic E-state index is 11.7. The molecular formula is C10H24N4O3S. The predicted octanol–water partition coefficient (Wildman–Crippen LogP) is -1.03. The number of amides is 1. The molecule has 1 amide bonds. The van der Waals surface area contributed by atoms with Gasteiger partial charge in [-0.25, -0.2) is 0 Å². The molecule has 108 valence electrons. The van der Waals surface area contributed by atoms with E-state index >= 15 is 0 Å². The van der Waals surface area contributed by atoms with Gasteiger partial charge >= 0.3 is 0 Å². The van der Waals surface area contributed by atoms with Crippen molar-refractivity contribution in [1.82, 2.24) is 13.9 Å². The lowest BCUT2D eigenvalue weighted by atomic mass is 10.4. The molecule has 0 heterocycles. The zero-order chi connectivity index (χ0) is 14.2. The number of hydrogen-bond donors (Lipinski definition) is 2. The Morgan fingerprint density at radius 3 is 2.28 bits per heavy atom. The van der Waals surface area contributed by atoms with Crippen LogP contribution in [0.1, 0.15) is 20.3 Å². The summed E-state index contributed by atoms with van der Waals surface area (Å²) in [5.74, 6) is -0.226. The molecule has 0 aliphatic heterocycles. The summed E-state index contributed by atoms with van der Waals surface area (Å²) in [6.45, 7) is 5.40. The van der Waals surface area contributed by atoms with Gasteiger partial charge in [0, 0.05) is 26.7 Å². The average Bonchev–Trinajstić information content (AvgIpc) is 2.35. The predicted molar refractivity (Wildman–Crippen MR) is 71.2 cm³/mol. The van der Waals surface area contributed by atoms with Crippen LogP contribution in [0.2, 0.25) is 0 Å². The number of nitrogens with one attached hydrogen (secondary N) is 1. The van der Waals surface area contributed by atoms with E-state index in [0.717, 1.165) is 4.31 Å². The zero-order valence-corrected chi connectivity index (χ0v) is 12.2. The van der Waals surface area contributed by atoms with Gasteiger partial charge < -0.3 is 10.6 Å². The Morgan fingerprint density at radius 2 is 1.83 bits per heavy atom. The monoisotopic (exact) mass is 280 g/mol. The van der Waals surface area contributed by atoms with Crippen LogP contribution in [0.4, 0.5) is 0 Å². The van der Waals surface area contributed by atoms with Crippen LogP contribution in [0.25, 0.3) is 0 Å². The van der Waals surface area contributed by atoms with Crippen molar-refractivity contribution in [3.8, 4) is 0 Å². The van der Waals surface area contributed by atoms with Crippen LogP contribution in [-0.2, 0) is 15.0 Å². The highest BCUT2D eigenvalue weighted by molar-refractivity contribution is 7.87. The topological polar surface area (TPSA) is 95.7 Å². The van der Waals surface area contributed by atoms with Crippen LogP contribution in [0, 0.1) is 0 Å². The largest absolute Gasteiger partial charge is 0.342 e. The van der Waals surface area contributed by atoms with Crippen molar-refractivity contribution >= 4 is 16.1 Å². The molecule has 0 aliphatic carbocycles. The van der Waals surface area contributed by atoms with Crippen molar-refractivity contribution in [1.29, 1.82) is 0 Å². The molecule has 8 heteroatoms. The third-order valence-corrected chi connectivity index (χ3v) is 4.12. The van der Waals surface area contributed by atoms with Gasteiger partial charge in [0.05, 0.1) is 6.54 Å². The number of likely N-dealkylation sites (N-methyl/N-ethyl adjacent to an activating group) is 1. The Hall–Kier alpha value is -0.700. The van der Waals surface area contributed by atoms with E-state index in [2.05, 4.69) is 4.72 Å². The summed E-state index contributed by atoms with van der Waals surface area (Å²) in [7, 11) is -2.14. The number of hydrogen-bond acceptors (Lipinski definition) is 4. The van der Waals surface area contributed by atoms with Crippen LogP contribution in [0.3, 0.4) is 0 Å². The lowest BCUT2D eigenvalue weighted by Crippen LogP contribution is -2.45. The van der Waals surface area contributed by atoms with Gasteiger partial charge in [-0.2, -0.15) is 17.4 Å². The van der Waals surface area contributed by atoms with Gasteiger partial charge in [-0.15, -0.1) is 0 Å². The van der Waals surface area contributed by atoms with E-state index in [4.69, 9.17) is 5.73 Å². The second kappa shape index (κ2) is 8.41. The molecule has 0 aliphatic rings. The Bertz CT molecular complexity index is 341. The summed E-state index contributed by atoms with van der Waals surface area (Å²) in [5, 5.41) is 0. The van der Waals surface area contributed by atoms with E-state index in [1.165, 1.54) is 7.05 Å². The third kappa shape index (κ3) is 5.76. The first-order valence-electron chi connectivity index (χ1n) is 6.07. The first-order valence-corrected chi connectivity index (χ1v) is 7.51. The summed E-state index contributed by atoms with van der Waals surface area (Å²) < 4.78 is 26.9. The lowest BCUT2D eigenvalue weighted by Gasteiger charge is -2.21. The first kappa shape index (κ1) is 17.3. The summed E-state index contributed by atoms with van der Waals surface area (Å²) in [6.07, 6.45) is 0.585. The van der Waals surface area contributed by atoms with Crippen molar-refractivity contribution in [2.45, 2.75) is 20.3 Å². The smallest absolute Gasteiger partial charge is 0.279 e. The second-order valence-corrected chi connectivity index (χ2v) is 5.72. The van der Waals surface area contributed by atoms with Gasteiger partial charge in [0.25, 0.3) is 10.2 Å². The Balaban J connectivity index is 4.30. The van der Waals surface area contributed by atoms with E-state index in [1.807, 2.05) is 13.8 Å². The normalized spacial score (nSPS) is 11.8. The van der Waals surface area contributed by atoms with Gasteiger partial charge in [0.15, 0.2) is 0 Å². The highest BCUT2D eigenvalue weighted by Crippen LogP contribution is 1.96. The zero-order valence-electron chi connectivity index (χ0n) is 11.3. The highest BCUT2D eigenvalue weighted by Gasteiger charge is 2.19. The number of carbonyl (C=O) groups is 1. The molecule has 0 aromatic carbocycles. The van der Waals surface area contributed by atoms with E-state index < -0.39 is 10.2 Å². The number of carbonyl (C=O) groups excluding carboxylic acids is 1. The standard InChI is InChI=1S/C10H24N4O3S/c1-4-14(5-2)10(15)9-12-18(16,17)13(3)8-6-7-11/h12H,4-9,11H2,1-3H3. The molecule has 0 atom stereocenters. The van der Waals surface area contributed by atoms with Gasteiger partial charge in [0.2, 0.25) is 5.91 Å². The van der Waals surface area contributed by atoms with Gasteiger partial charge in [-0.1, -0.05) is 0 Å². The molecule has 18 heavy (non-hydrogen) atoms. The SMILES string of the molecule is CCN(CC)C(=O)CNS(=O)(=O)N(C)CCCN. The quantitative estimate of drug-likeness (QED) is 0.564. The molecule has 0 aromatic rings. The molecule has 0 aromatic heterocycles. The molecule has 0 fully saturated rings. The van der Waals surface area contributed by atoms with E-state index in [9.17, 15) is 13.2 Å². The van der Waals surface area contributed by atoms with Crippen molar-refractivity contribution < 1.29 is 13.2 Å². The van der Waals surface area contributed by atoms with Gasteiger partial charge in [0.1, 0.15) is 0 Å². The van der Waals surface area contributed by atoms with E-state index in [1.54, 1.807) is 4.90 Å². The van der Waals surface area contributed by atoms with Gasteiger partial charge in [-0.3, -0.25) is 4.79 Å². The fourth-order valence-corrected chi connectivity index (χ4v) is 2.28. The summed E-state index contributed by atoms with van der Waals surface area (Å²) >= 11 is 0. The number of nitrogens with two attached hydrogens (primary N) is 1. The fourth-order valence-electron chi connectivity index (χ4n) is 1.39. The molecule has 3 N–H and O–H groups in total. The number of nitrogens with zero attached hydrogens (tertiary/aromatic N) is 2. The van der Waals surface area contributed by atoms with Crippen molar-refractivity contribution in [2.24, 2.45) is 5.73 Å². The van der Waals surface area contributed by atoms with Crippen LogP contribution in [-0.4, -0.2) is 63.3 Å². The maximum Gasteiger partial charge on any atom is 0.279 e. The van der Waals surface area contributed by atoms with Crippen molar-refractivity contribution in [3.63, 3.8) is 0 Å². The minimum atomic E-state index is -3.60. The highest BCUT2D eigenvalue weighted by atomic mass is 32.2. The molecular weight excluding hydrogens is 256 g/mol. The van der Waals surface area contributed by atoms with Crippen molar-refractivity contribution in [3.05, 3.63) is 0 Å². The third-order valence-electron chi connectivity index (χ3n) is 2.61. The molecule has 0 unspecified atom stereocenters. The minimum absolute atomic E-state index is 0.211. The second-order valence-electron chi connectivity index (χ2n) is 3.86. The molecule has 0 saturated carbocycles. The van der Waals surface area contributed by atoms with E-state index in [0.29, 0.717) is 32.6 Å². The molecule has 0 spiro atoms. The van der Waals surface area contributed by atoms with Crippen LogP contribution in [0.15, 0.2) is 0 Å². The van der Waals surface area contributed by atoms with Crippen LogP contribution >= 0.6 is 0 Å². The van der Waals surface area contributed by atoms with Crippen molar-refractivity contribution in [2.75, 3.05) is 39.8 Å². The summed E-state index contributed by atoms with van der Waals surface area (Å²) in [4.78, 5) is 13.2. The Kier molecular flexibility index (Phi) is 8.08. The minimum Gasteiger partial charge on any atom is -0.342 e. The molecule has 0 bridgehead atoms. The first-order chi connectivity index (χ1) is 8.38. The average molecular weight is 280 g/mol. The summed E-state index contributed by atoms with van der Waals surface area (Å²) in [6, 6.07) is 0. The van der Waals surface area contributed by atoms with E-state index in [-0.39, 0.29) is 12.5 Å². The Labute approximate surface area is 109 Å². The molecule has 0 rings (SSSR count). The molecule has 7 nitrogen and oxygen atoms in total.